The summed E-state index contributed by atoms with van der Waals surface area (Å²) in [4.78, 5) is 24.4. The van der Waals surface area contributed by atoms with Crippen molar-refractivity contribution in [1.29, 1.82) is 0 Å². The van der Waals surface area contributed by atoms with E-state index < -0.39 is 16.1 Å². The maximum Gasteiger partial charge on any atom is 0.324 e. The monoisotopic (exact) mass is 463 g/mol. The molecule has 2 N–H and O–H groups in total. The number of nitrogens with one attached hydrogen (secondary N) is 2. The fourth-order valence-electron chi connectivity index (χ4n) is 3.49. The van der Waals surface area contributed by atoms with Gasteiger partial charge in [-0.1, -0.05) is 37.6 Å². The van der Waals surface area contributed by atoms with Gasteiger partial charge >= 0.3 is 6.03 Å². The normalized spacial score (nSPS) is 18.1. The van der Waals surface area contributed by atoms with Crippen molar-refractivity contribution < 1.29 is 22.7 Å². The predicted molar refractivity (Wildman–Crippen MR) is 123 cm³/mol. The summed E-state index contributed by atoms with van der Waals surface area (Å²) in [6.07, 6.45) is 8.12. The zero-order chi connectivity index (χ0) is 23.0. The predicted octanol–water partition coefficient (Wildman–Crippen LogP) is 3.12. The highest BCUT2D eigenvalue weighted by Crippen LogP contribution is 2.30. The van der Waals surface area contributed by atoms with E-state index in [0.717, 1.165) is 24.3 Å². The van der Waals surface area contributed by atoms with Crippen molar-refractivity contribution in [2.75, 3.05) is 25.4 Å². The average molecular weight is 464 g/mol. The number of sulfonamides is 1. The van der Waals surface area contributed by atoms with Gasteiger partial charge in [-0.05, 0) is 49.3 Å². The van der Waals surface area contributed by atoms with Gasteiger partial charge in [0.25, 0.3) is 0 Å². The molecule has 0 bridgehead atoms. The Kier molecular flexibility index (Phi) is 8.69. The zero-order valence-electron chi connectivity index (χ0n) is 18.6. The molecule has 176 valence electrons. The van der Waals surface area contributed by atoms with Crippen molar-refractivity contribution in [3.63, 3.8) is 0 Å². The van der Waals surface area contributed by atoms with E-state index in [2.05, 4.69) is 10.0 Å². The van der Waals surface area contributed by atoms with Gasteiger partial charge in [-0.15, -0.1) is 0 Å². The number of hydrogen-bond acceptors (Lipinski definition) is 5. The first-order valence-corrected chi connectivity index (χ1v) is 13.0. The van der Waals surface area contributed by atoms with Gasteiger partial charge in [-0.25, -0.2) is 17.9 Å². The average Bonchev–Trinajstić information content (AvgIpc) is 3.58. The van der Waals surface area contributed by atoms with E-state index in [1.54, 1.807) is 12.2 Å². The molecule has 9 heteroatoms. The number of benzene rings is 1. The summed E-state index contributed by atoms with van der Waals surface area (Å²) in [7, 11) is -3.48. The third-order valence-electron chi connectivity index (χ3n) is 5.53. The van der Waals surface area contributed by atoms with Crippen LogP contribution in [-0.2, 0) is 14.8 Å². The van der Waals surface area contributed by atoms with Crippen LogP contribution in [0.5, 0.6) is 5.75 Å². The minimum absolute atomic E-state index is 0.0354. The van der Waals surface area contributed by atoms with E-state index in [1.165, 1.54) is 17.7 Å². The first-order valence-electron chi connectivity index (χ1n) is 11.3. The minimum atomic E-state index is -3.48. The van der Waals surface area contributed by atoms with Crippen LogP contribution in [0.4, 0.5) is 4.79 Å². The molecule has 1 heterocycles. The Balaban J connectivity index is 1.49. The van der Waals surface area contributed by atoms with Crippen LogP contribution < -0.4 is 14.8 Å². The molecule has 32 heavy (non-hydrogen) atoms. The number of rotatable bonds is 13. The van der Waals surface area contributed by atoms with Gasteiger partial charge in [0.15, 0.2) is 0 Å². The quantitative estimate of drug-likeness (QED) is 0.437. The second kappa shape index (κ2) is 11.5. The number of carbonyl (C=O) groups excluding carboxylic acids is 2. The summed E-state index contributed by atoms with van der Waals surface area (Å²) >= 11 is 0. The summed E-state index contributed by atoms with van der Waals surface area (Å²) in [6.45, 7) is 3.47. The molecule has 3 amide bonds. The summed E-state index contributed by atoms with van der Waals surface area (Å²) < 4.78 is 34.0. The fourth-order valence-corrected chi connectivity index (χ4v) is 4.75. The summed E-state index contributed by atoms with van der Waals surface area (Å²) in [5, 5.41) is 2.26. The molecule has 0 aromatic heterocycles. The van der Waals surface area contributed by atoms with E-state index in [1.807, 2.05) is 31.2 Å². The maximum absolute atomic E-state index is 12.7. The highest BCUT2D eigenvalue weighted by molar-refractivity contribution is 7.89. The van der Waals surface area contributed by atoms with Crippen LogP contribution in [0.15, 0.2) is 36.4 Å². The van der Waals surface area contributed by atoms with Crippen molar-refractivity contribution in [2.45, 2.75) is 51.5 Å². The minimum Gasteiger partial charge on any atom is -0.493 e. The first-order chi connectivity index (χ1) is 15.4. The third-order valence-corrected chi connectivity index (χ3v) is 6.95. The van der Waals surface area contributed by atoms with Crippen LogP contribution in [0.25, 0.3) is 0 Å². The van der Waals surface area contributed by atoms with Crippen LogP contribution in [0.3, 0.4) is 0 Å². The van der Waals surface area contributed by atoms with E-state index >= 15 is 0 Å². The molecule has 0 radical (unpaired) electrons. The number of carbonyl (C=O) groups is 2. The number of hydrogen-bond donors (Lipinski definition) is 2. The Morgan fingerprint density at radius 1 is 1.28 bits per heavy atom. The van der Waals surface area contributed by atoms with Gasteiger partial charge < -0.3 is 9.64 Å². The maximum atomic E-state index is 12.7. The van der Waals surface area contributed by atoms with Crippen molar-refractivity contribution >= 4 is 22.0 Å². The van der Waals surface area contributed by atoms with E-state index in [0.29, 0.717) is 31.8 Å². The molecule has 1 aliphatic carbocycles. The Labute approximate surface area is 190 Å². The van der Waals surface area contributed by atoms with Gasteiger partial charge in [0.05, 0.1) is 12.4 Å². The lowest BCUT2D eigenvalue weighted by Crippen LogP contribution is -2.49. The van der Waals surface area contributed by atoms with Crippen molar-refractivity contribution in [1.82, 2.24) is 14.9 Å². The Morgan fingerprint density at radius 3 is 2.81 bits per heavy atom. The number of imide groups is 1. The van der Waals surface area contributed by atoms with Gasteiger partial charge in [-0.2, -0.15) is 0 Å². The molecule has 1 atom stereocenters. The molecule has 1 saturated carbocycles. The Hall–Kier alpha value is -2.39. The van der Waals surface area contributed by atoms with Crippen LogP contribution >= 0.6 is 0 Å². The summed E-state index contributed by atoms with van der Waals surface area (Å²) in [5.41, 5.74) is 0.907. The first kappa shape index (κ1) is 24.3. The van der Waals surface area contributed by atoms with Crippen LogP contribution in [0, 0.1) is 5.92 Å². The lowest BCUT2D eigenvalue weighted by molar-refractivity contribution is -0.121. The fraction of sp³-hybridized carbons (Fsp3) is 0.565. The number of urea groups is 1. The van der Waals surface area contributed by atoms with Gasteiger partial charge in [0, 0.05) is 25.6 Å². The summed E-state index contributed by atoms with van der Waals surface area (Å²) in [5.74, 6) is 1.13. The number of ether oxygens (including phenoxy) is 1. The standard InChI is InChI=1S/C23H33N3O5S/c1-2-7-21(19-8-6-9-20(16-19)31-17-18-10-11-18)25-32(29,30)15-5-3-4-13-26-14-12-22(27)24-23(26)28/h3-4,6,8-9,16,18,21,25H,2,5,7,10-15,17H2,1H3,(H,24,27,28)/b4-3+/t21-/m1/s1. The van der Waals surface area contributed by atoms with Gasteiger partial charge in [0.2, 0.25) is 15.9 Å². The van der Waals surface area contributed by atoms with Gasteiger partial charge in [0.1, 0.15) is 5.75 Å². The van der Waals surface area contributed by atoms with Gasteiger partial charge in [-0.3, -0.25) is 10.1 Å². The number of amides is 3. The molecule has 0 spiro atoms. The molecule has 1 saturated heterocycles. The van der Waals surface area contributed by atoms with Crippen LogP contribution in [0.1, 0.15) is 57.1 Å². The molecule has 8 nitrogen and oxygen atoms in total. The molecule has 1 aromatic rings. The smallest absolute Gasteiger partial charge is 0.324 e. The second-order valence-electron chi connectivity index (χ2n) is 8.41. The molecular formula is C23H33N3O5S. The zero-order valence-corrected chi connectivity index (χ0v) is 19.4. The largest absolute Gasteiger partial charge is 0.493 e. The molecule has 2 aliphatic rings. The van der Waals surface area contributed by atoms with Crippen LogP contribution in [0.2, 0.25) is 0 Å². The number of allylic oxidation sites excluding steroid dienone is 1. The molecular weight excluding hydrogens is 430 g/mol. The van der Waals surface area contributed by atoms with Crippen molar-refractivity contribution in [2.24, 2.45) is 5.92 Å². The lowest BCUT2D eigenvalue weighted by Gasteiger charge is -2.25. The summed E-state index contributed by atoms with van der Waals surface area (Å²) in [6, 6.07) is 6.97. The molecule has 0 unspecified atom stereocenters. The highest BCUT2D eigenvalue weighted by atomic mass is 32.2. The van der Waals surface area contributed by atoms with Crippen molar-refractivity contribution in [3.05, 3.63) is 42.0 Å². The second-order valence-corrected chi connectivity index (χ2v) is 10.3. The Bertz CT molecular complexity index is 927. The molecule has 1 aliphatic heterocycles. The van der Waals surface area contributed by atoms with E-state index in [-0.39, 0.29) is 24.1 Å². The lowest BCUT2D eigenvalue weighted by atomic mass is 10.0. The van der Waals surface area contributed by atoms with Crippen LogP contribution in [-0.4, -0.2) is 50.7 Å². The third kappa shape index (κ3) is 7.94. The Morgan fingerprint density at radius 2 is 2.09 bits per heavy atom. The topological polar surface area (TPSA) is 105 Å². The molecule has 2 fully saturated rings. The van der Waals surface area contributed by atoms with E-state index in [4.69, 9.17) is 4.74 Å². The molecule has 1 aromatic carbocycles. The van der Waals surface area contributed by atoms with E-state index in [9.17, 15) is 18.0 Å². The SMILES string of the molecule is CCC[C@@H](NS(=O)(=O)CC/C=C/CN1CCC(=O)NC1=O)c1cccc(OCC2CC2)c1. The highest BCUT2D eigenvalue weighted by Gasteiger charge is 2.23. The number of nitrogens with zero attached hydrogens (tertiary/aromatic N) is 1. The molecule has 3 rings (SSSR count). The van der Waals surface area contributed by atoms with Crippen molar-refractivity contribution in [3.8, 4) is 5.75 Å².